The van der Waals surface area contributed by atoms with E-state index in [0.29, 0.717) is 0 Å². The van der Waals surface area contributed by atoms with Crippen LogP contribution in [0.5, 0.6) is 0 Å². The van der Waals surface area contributed by atoms with Gasteiger partial charge >= 0.3 is 11.9 Å². The summed E-state index contributed by atoms with van der Waals surface area (Å²) in [5.74, 6) is -0.619. The number of aromatic nitrogens is 2. The Balaban J connectivity index is 1.78. The summed E-state index contributed by atoms with van der Waals surface area (Å²) in [5, 5.41) is 14.0. The molecule has 2 aromatic heterocycles. The van der Waals surface area contributed by atoms with E-state index in [0.717, 1.165) is 28.9 Å². The molecule has 126 valence electrons. The number of benzene rings is 1. The van der Waals surface area contributed by atoms with Crippen LogP contribution in [0.15, 0.2) is 56.3 Å². The SMILES string of the molecule is O=c1oc(-c2ccco2)nn1C[C@H](O)c1ccc(C(F)(F)F)cc1. The highest BCUT2D eigenvalue weighted by Crippen LogP contribution is 2.30. The summed E-state index contributed by atoms with van der Waals surface area (Å²) < 4.78 is 48.4. The molecule has 24 heavy (non-hydrogen) atoms. The maximum atomic E-state index is 12.5. The van der Waals surface area contributed by atoms with Crippen LogP contribution in [0, 0.1) is 0 Å². The van der Waals surface area contributed by atoms with E-state index >= 15 is 0 Å². The molecule has 0 unspecified atom stereocenters. The fourth-order valence-corrected chi connectivity index (χ4v) is 2.08. The molecular formula is C15H11F3N2O4. The summed E-state index contributed by atoms with van der Waals surface area (Å²) in [5.41, 5.74) is -0.602. The van der Waals surface area contributed by atoms with Crippen molar-refractivity contribution in [2.24, 2.45) is 0 Å². The molecule has 9 heteroatoms. The summed E-state index contributed by atoms with van der Waals surface area (Å²) >= 11 is 0. The number of halogens is 3. The minimum atomic E-state index is -4.45. The molecule has 0 saturated carbocycles. The first kappa shape index (κ1) is 16.1. The van der Waals surface area contributed by atoms with Crippen LogP contribution in [-0.2, 0) is 12.7 Å². The smallest absolute Gasteiger partial charge is 0.437 e. The third-order valence-electron chi connectivity index (χ3n) is 3.31. The monoisotopic (exact) mass is 340 g/mol. The highest BCUT2D eigenvalue weighted by Gasteiger charge is 2.30. The maximum Gasteiger partial charge on any atom is 0.437 e. The van der Waals surface area contributed by atoms with E-state index in [2.05, 4.69) is 5.10 Å². The number of aliphatic hydroxyl groups excluding tert-OH is 1. The molecule has 0 radical (unpaired) electrons. The second-order valence-electron chi connectivity index (χ2n) is 4.97. The molecule has 1 atom stereocenters. The lowest BCUT2D eigenvalue weighted by Crippen LogP contribution is -2.20. The quantitative estimate of drug-likeness (QED) is 0.790. The van der Waals surface area contributed by atoms with Gasteiger partial charge in [-0.2, -0.15) is 17.9 Å². The lowest BCUT2D eigenvalue weighted by Gasteiger charge is -2.12. The molecule has 1 aromatic carbocycles. The molecule has 0 amide bonds. The number of aliphatic hydroxyl groups is 1. The molecule has 1 N–H and O–H groups in total. The van der Waals surface area contributed by atoms with Crippen molar-refractivity contribution in [1.82, 2.24) is 9.78 Å². The zero-order chi connectivity index (χ0) is 17.3. The Bertz CT molecular complexity index is 864. The first-order valence-electron chi connectivity index (χ1n) is 6.81. The molecule has 3 aromatic rings. The van der Waals surface area contributed by atoms with Crippen LogP contribution in [0.25, 0.3) is 11.7 Å². The van der Waals surface area contributed by atoms with E-state index in [-0.39, 0.29) is 23.8 Å². The molecular weight excluding hydrogens is 329 g/mol. The molecule has 0 aliphatic carbocycles. The molecule has 0 spiro atoms. The van der Waals surface area contributed by atoms with E-state index < -0.39 is 23.6 Å². The summed E-state index contributed by atoms with van der Waals surface area (Å²) in [6.45, 7) is -0.269. The van der Waals surface area contributed by atoms with E-state index in [1.54, 1.807) is 12.1 Å². The molecule has 0 bridgehead atoms. The minimum absolute atomic E-state index is 0.0513. The largest absolute Gasteiger partial charge is 0.459 e. The van der Waals surface area contributed by atoms with Gasteiger partial charge in [0.15, 0.2) is 5.76 Å². The van der Waals surface area contributed by atoms with E-state index in [4.69, 9.17) is 8.83 Å². The van der Waals surface area contributed by atoms with Gasteiger partial charge in [-0.3, -0.25) is 0 Å². The molecule has 3 rings (SSSR count). The summed E-state index contributed by atoms with van der Waals surface area (Å²) in [7, 11) is 0. The van der Waals surface area contributed by atoms with Crippen molar-refractivity contribution in [1.29, 1.82) is 0 Å². The Labute approximate surface area is 132 Å². The van der Waals surface area contributed by atoms with Crippen molar-refractivity contribution in [2.75, 3.05) is 0 Å². The Morgan fingerprint density at radius 3 is 2.50 bits per heavy atom. The van der Waals surface area contributed by atoms with Crippen molar-refractivity contribution in [3.05, 3.63) is 64.3 Å². The highest BCUT2D eigenvalue weighted by molar-refractivity contribution is 5.42. The number of hydrogen-bond acceptors (Lipinski definition) is 5. The summed E-state index contributed by atoms with van der Waals surface area (Å²) in [6, 6.07) is 7.14. The Morgan fingerprint density at radius 1 is 1.21 bits per heavy atom. The number of hydrogen-bond donors (Lipinski definition) is 1. The van der Waals surface area contributed by atoms with Crippen molar-refractivity contribution in [3.63, 3.8) is 0 Å². The van der Waals surface area contributed by atoms with Crippen LogP contribution < -0.4 is 5.76 Å². The minimum Gasteiger partial charge on any atom is -0.459 e. The van der Waals surface area contributed by atoms with Gasteiger partial charge in [0.25, 0.3) is 5.89 Å². The lowest BCUT2D eigenvalue weighted by atomic mass is 10.1. The lowest BCUT2D eigenvalue weighted by molar-refractivity contribution is -0.137. The van der Waals surface area contributed by atoms with Crippen LogP contribution in [0.3, 0.4) is 0 Å². The summed E-state index contributed by atoms with van der Waals surface area (Å²) in [4.78, 5) is 11.7. The predicted molar refractivity (Wildman–Crippen MR) is 74.9 cm³/mol. The van der Waals surface area contributed by atoms with Gasteiger partial charge in [-0.05, 0) is 29.8 Å². The van der Waals surface area contributed by atoms with Gasteiger partial charge in [-0.25, -0.2) is 4.79 Å². The van der Waals surface area contributed by atoms with Crippen LogP contribution in [-0.4, -0.2) is 14.9 Å². The van der Waals surface area contributed by atoms with Crippen LogP contribution in [0.2, 0.25) is 0 Å². The van der Waals surface area contributed by atoms with E-state index in [9.17, 15) is 23.1 Å². The van der Waals surface area contributed by atoms with Crippen LogP contribution in [0.4, 0.5) is 13.2 Å². The molecule has 0 saturated heterocycles. The first-order valence-corrected chi connectivity index (χ1v) is 6.81. The molecule has 0 aliphatic heterocycles. The van der Waals surface area contributed by atoms with Gasteiger partial charge in [0.1, 0.15) is 0 Å². The second-order valence-corrected chi connectivity index (χ2v) is 4.97. The van der Waals surface area contributed by atoms with Crippen molar-refractivity contribution in [3.8, 4) is 11.7 Å². The average molecular weight is 340 g/mol. The van der Waals surface area contributed by atoms with Gasteiger partial charge in [0, 0.05) is 0 Å². The van der Waals surface area contributed by atoms with E-state index in [1.165, 1.54) is 6.26 Å². The maximum absolute atomic E-state index is 12.5. The fourth-order valence-electron chi connectivity index (χ4n) is 2.08. The first-order chi connectivity index (χ1) is 11.3. The zero-order valence-corrected chi connectivity index (χ0v) is 12.0. The topological polar surface area (TPSA) is 81.4 Å². The molecule has 6 nitrogen and oxygen atoms in total. The van der Waals surface area contributed by atoms with Gasteiger partial charge in [0.2, 0.25) is 0 Å². The van der Waals surface area contributed by atoms with Crippen molar-refractivity contribution < 1.29 is 27.1 Å². The molecule has 0 fully saturated rings. The number of rotatable bonds is 4. The standard InChI is InChI=1S/C15H11F3N2O4/c16-15(17,18)10-5-3-9(4-6-10)11(21)8-20-14(22)24-13(19-20)12-2-1-7-23-12/h1-7,11,21H,8H2/t11-/m0/s1. The van der Waals surface area contributed by atoms with Crippen molar-refractivity contribution in [2.45, 2.75) is 18.8 Å². The van der Waals surface area contributed by atoms with Gasteiger partial charge in [-0.1, -0.05) is 12.1 Å². The van der Waals surface area contributed by atoms with Gasteiger partial charge in [-0.15, -0.1) is 5.10 Å². The third kappa shape index (κ3) is 3.25. The normalized spacial score (nSPS) is 13.2. The van der Waals surface area contributed by atoms with Gasteiger partial charge in [0.05, 0.1) is 24.5 Å². The van der Waals surface area contributed by atoms with E-state index in [1.807, 2.05) is 0 Å². The summed E-state index contributed by atoms with van der Waals surface area (Å²) in [6.07, 6.45) is -4.30. The molecule has 0 aliphatic rings. The molecule has 2 heterocycles. The number of alkyl halides is 3. The average Bonchev–Trinajstić information content (AvgIpc) is 3.17. The third-order valence-corrected chi connectivity index (χ3v) is 3.31. The predicted octanol–water partition coefficient (Wildman–Crippen LogP) is 2.85. The van der Waals surface area contributed by atoms with Crippen LogP contribution >= 0.6 is 0 Å². The van der Waals surface area contributed by atoms with Crippen LogP contribution in [0.1, 0.15) is 17.2 Å². The Hall–Kier alpha value is -2.81. The van der Waals surface area contributed by atoms with Crippen molar-refractivity contribution >= 4 is 0 Å². The zero-order valence-electron chi connectivity index (χ0n) is 12.0. The Morgan fingerprint density at radius 2 is 1.92 bits per heavy atom. The fraction of sp³-hybridized carbons (Fsp3) is 0.200. The second kappa shape index (κ2) is 6.00. The highest BCUT2D eigenvalue weighted by atomic mass is 19.4. The number of furan rings is 1. The van der Waals surface area contributed by atoms with Gasteiger partial charge < -0.3 is 13.9 Å². The number of nitrogens with zero attached hydrogens (tertiary/aromatic N) is 2. The Kier molecular flexibility index (Phi) is 4.02.